The molecule has 30 heavy (non-hydrogen) atoms. The van der Waals surface area contributed by atoms with Gasteiger partial charge in [0.05, 0.1) is 30.4 Å². The van der Waals surface area contributed by atoms with Crippen LogP contribution in [-0.4, -0.2) is 37.0 Å². The zero-order valence-corrected chi connectivity index (χ0v) is 17.5. The van der Waals surface area contributed by atoms with Gasteiger partial charge >= 0.3 is 0 Å². The predicted octanol–water partition coefficient (Wildman–Crippen LogP) is 5.11. The Bertz CT molecular complexity index is 888. The van der Waals surface area contributed by atoms with Crippen molar-refractivity contribution < 1.29 is 28.1 Å². The van der Waals surface area contributed by atoms with Crippen molar-refractivity contribution in [2.24, 2.45) is 0 Å². The van der Waals surface area contributed by atoms with E-state index in [0.717, 1.165) is 28.0 Å². The van der Waals surface area contributed by atoms with Crippen LogP contribution in [0.3, 0.4) is 0 Å². The number of rotatable bonds is 6. The van der Waals surface area contributed by atoms with Crippen LogP contribution in [0.25, 0.3) is 0 Å². The van der Waals surface area contributed by atoms with E-state index >= 15 is 0 Å². The van der Waals surface area contributed by atoms with E-state index in [2.05, 4.69) is 0 Å². The molecular weight excluding hydrogens is 414 g/mol. The Morgan fingerprint density at radius 1 is 1.23 bits per heavy atom. The third-order valence-corrected chi connectivity index (χ3v) is 6.03. The highest BCUT2D eigenvalue weighted by Crippen LogP contribution is 2.45. The van der Waals surface area contributed by atoms with E-state index in [1.165, 1.54) is 0 Å². The first-order chi connectivity index (χ1) is 14.5. The number of ether oxygens (including phenoxy) is 3. The van der Waals surface area contributed by atoms with Crippen LogP contribution >= 0.6 is 11.6 Å². The van der Waals surface area contributed by atoms with Crippen molar-refractivity contribution in [3.8, 4) is 11.5 Å². The highest BCUT2D eigenvalue weighted by molar-refractivity contribution is 6.33. The van der Waals surface area contributed by atoms with Gasteiger partial charge in [-0.05, 0) is 42.2 Å². The van der Waals surface area contributed by atoms with Gasteiger partial charge in [-0.2, -0.15) is 0 Å². The van der Waals surface area contributed by atoms with Crippen LogP contribution in [0.2, 0.25) is 5.02 Å². The zero-order chi connectivity index (χ0) is 21.3. The van der Waals surface area contributed by atoms with Crippen LogP contribution in [0.15, 0.2) is 30.3 Å². The average molecular weight is 439 g/mol. The first-order valence-corrected chi connectivity index (χ1v) is 10.6. The maximum atomic E-state index is 13.3. The molecule has 7 heteroatoms. The first kappa shape index (κ1) is 21.3. The summed E-state index contributed by atoms with van der Waals surface area (Å²) in [4.78, 5) is 0. The fourth-order valence-electron chi connectivity index (χ4n) is 4.21. The highest BCUT2D eigenvalue weighted by atomic mass is 35.5. The molecule has 0 radical (unpaired) electrons. The lowest BCUT2D eigenvalue weighted by molar-refractivity contribution is -0.150. The molecule has 2 aliphatic heterocycles. The lowest BCUT2D eigenvalue weighted by atomic mass is 9.89. The molecular formula is C23H25ClF2O4. The standard InChI is InChI=1S/C23H25ClF2O4/c1-2-28-16-5-3-13(4-6-16)9-14-10-18(17-7-8-29-22(17)21(14)24)19-11-15(27)12-20(30-19)23(25)26/h3-6,10,15,19-20,23,27H,2,7-9,11-12H2,1H3. The largest absolute Gasteiger partial charge is 0.494 e. The summed E-state index contributed by atoms with van der Waals surface area (Å²) in [5.74, 6) is 1.40. The lowest BCUT2D eigenvalue weighted by Crippen LogP contribution is -2.36. The van der Waals surface area contributed by atoms with Gasteiger partial charge in [0.15, 0.2) is 0 Å². The van der Waals surface area contributed by atoms with Gasteiger partial charge in [-0.15, -0.1) is 0 Å². The summed E-state index contributed by atoms with van der Waals surface area (Å²) in [5, 5.41) is 10.7. The monoisotopic (exact) mass is 438 g/mol. The molecule has 1 fully saturated rings. The van der Waals surface area contributed by atoms with Crippen molar-refractivity contribution in [3.63, 3.8) is 0 Å². The van der Waals surface area contributed by atoms with Crippen molar-refractivity contribution in [2.45, 2.75) is 57.3 Å². The molecule has 0 aliphatic carbocycles. The van der Waals surface area contributed by atoms with Gasteiger partial charge in [-0.3, -0.25) is 0 Å². The van der Waals surface area contributed by atoms with E-state index < -0.39 is 24.7 Å². The Morgan fingerprint density at radius 3 is 2.70 bits per heavy atom. The van der Waals surface area contributed by atoms with Gasteiger partial charge in [0.2, 0.25) is 0 Å². The van der Waals surface area contributed by atoms with Crippen LogP contribution in [0, 0.1) is 0 Å². The van der Waals surface area contributed by atoms with Gasteiger partial charge in [-0.25, -0.2) is 8.78 Å². The number of benzene rings is 2. The predicted molar refractivity (Wildman–Crippen MR) is 110 cm³/mol. The van der Waals surface area contributed by atoms with Crippen molar-refractivity contribution in [2.75, 3.05) is 13.2 Å². The summed E-state index contributed by atoms with van der Waals surface area (Å²) < 4.78 is 43.5. The van der Waals surface area contributed by atoms with Crippen molar-refractivity contribution in [1.29, 1.82) is 0 Å². The number of alkyl halides is 2. The number of fused-ring (bicyclic) bond motifs is 1. The molecule has 4 nitrogen and oxygen atoms in total. The Morgan fingerprint density at radius 2 is 2.00 bits per heavy atom. The van der Waals surface area contributed by atoms with Crippen molar-refractivity contribution >= 4 is 11.6 Å². The molecule has 4 rings (SSSR count). The van der Waals surface area contributed by atoms with Gasteiger partial charge < -0.3 is 19.3 Å². The molecule has 3 atom stereocenters. The lowest BCUT2D eigenvalue weighted by Gasteiger charge is -2.34. The second-order valence-corrected chi connectivity index (χ2v) is 8.10. The fourth-order valence-corrected chi connectivity index (χ4v) is 4.50. The molecule has 2 aliphatic rings. The summed E-state index contributed by atoms with van der Waals surface area (Å²) in [7, 11) is 0. The van der Waals surface area contributed by atoms with E-state index in [4.69, 9.17) is 25.8 Å². The molecule has 1 saturated heterocycles. The SMILES string of the molecule is CCOc1ccc(Cc2cc(C3CC(O)CC(C(F)F)O3)c3c(c2Cl)OCC3)cc1. The third kappa shape index (κ3) is 4.41. The maximum absolute atomic E-state index is 13.3. The van der Waals surface area contributed by atoms with E-state index in [1.54, 1.807) is 0 Å². The number of aliphatic hydroxyl groups is 1. The molecule has 0 amide bonds. The minimum Gasteiger partial charge on any atom is -0.494 e. The molecule has 0 aromatic heterocycles. The summed E-state index contributed by atoms with van der Waals surface area (Å²) in [6.45, 7) is 3.02. The Hall–Kier alpha value is -1.89. The Labute approximate surface area is 179 Å². The quantitative estimate of drug-likeness (QED) is 0.680. The molecule has 0 spiro atoms. The van der Waals surface area contributed by atoms with E-state index in [-0.39, 0.29) is 12.8 Å². The van der Waals surface area contributed by atoms with Crippen LogP contribution in [0.1, 0.15) is 48.1 Å². The minimum atomic E-state index is -2.64. The normalized spacial score (nSPS) is 23.3. The summed E-state index contributed by atoms with van der Waals surface area (Å²) >= 11 is 6.64. The van der Waals surface area contributed by atoms with Crippen LogP contribution in [0.4, 0.5) is 8.78 Å². The molecule has 1 N–H and O–H groups in total. The molecule has 2 aromatic carbocycles. The number of halogens is 3. The summed E-state index contributed by atoms with van der Waals surface area (Å²) in [6.07, 6.45) is -3.93. The Balaban J connectivity index is 1.66. The van der Waals surface area contributed by atoms with Gasteiger partial charge in [0, 0.05) is 24.8 Å². The van der Waals surface area contributed by atoms with E-state index in [1.807, 2.05) is 37.3 Å². The van der Waals surface area contributed by atoms with Gasteiger partial charge in [-0.1, -0.05) is 29.8 Å². The number of hydrogen-bond acceptors (Lipinski definition) is 4. The van der Waals surface area contributed by atoms with Crippen LogP contribution in [-0.2, 0) is 17.6 Å². The first-order valence-electron chi connectivity index (χ1n) is 10.3. The van der Waals surface area contributed by atoms with E-state index in [9.17, 15) is 13.9 Å². The molecule has 0 bridgehead atoms. The van der Waals surface area contributed by atoms with Gasteiger partial charge in [0.25, 0.3) is 6.43 Å². The van der Waals surface area contributed by atoms with E-state index in [0.29, 0.717) is 36.8 Å². The van der Waals surface area contributed by atoms with Crippen molar-refractivity contribution in [3.05, 3.63) is 57.6 Å². The summed E-state index contributed by atoms with van der Waals surface area (Å²) in [6, 6.07) is 9.69. The van der Waals surface area contributed by atoms with Crippen LogP contribution < -0.4 is 9.47 Å². The number of hydrogen-bond donors (Lipinski definition) is 1. The topological polar surface area (TPSA) is 47.9 Å². The average Bonchev–Trinajstić information content (AvgIpc) is 3.21. The molecule has 162 valence electrons. The molecule has 3 unspecified atom stereocenters. The molecule has 2 aromatic rings. The van der Waals surface area contributed by atoms with Gasteiger partial charge in [0.1, 0.15) is 17.6 Å². The fraction of sp³-hybridized carbons (Fsp3) is 0.478. The minimum absolute atomic E-state index is 0.0561. The smallest absolute Gasteiger partial charge is 0.264 e. The molecule has 2 heterocycles. The maximum Gasteiger partial charge on any atom is 0.264 e. The zero-order valence-electron chi connectivity index (χ0n) is 16.7. The second-order valence-electron chi connectivity index (χ2n) is 7.72. The molecule has 0 saturated carbocycles. The third-order valence-electron chi connectivity index (χ3n) is 5.62. The van der Waals surface area contributed by atoms with Crippen LogP contribution in [0.5, 0.6) is 11.5 Å². The number of aliphatic hydroxyl groups excluding tert-OH is 1. The second kappa shape index (κ2) is 9.08. The highest BCUT2D eigenvalue weighted by Gasteiger charge is 2.37. The Kier molecular flexibility index (Phi) is 6.46. The summed E-state index contributed by atoms with van der Waals surface area (Å²) in [5.41, 5.74) is 3.56. The van der Waals surface area contributed by atoms with Crippen molar-refractivity contribution in [1.82, 2.24) is 0 Å².